The van der Waals surface area contributed by atoms with E-state index in [9.17, 15) is 9.90 Å². The second-order valence-corrected chi connectivity index (χ2v) is 11.9. The van der Waals surface area contributed by atoms with Gasteiger partial charge in [-0.25, -0.2) is 0 Å². The van der Waals surface area contributed by atoms with E-state index in [0.717, 1.165) is 44.8 Å². The van der Waals surface area contributed by atoms with Crippen LogP contribution in [0.2, 0.25) is 0 Å². The summed E-state index contributed by atoms with van der Waals surface area (Å²) >= 11 is 0. The van der Waals surface area contributed by atoms with Gasteiger partial charge in [0.25, 0.3) is 0 Å². The molecule has 0 fully saturated rings. The van der Waals surface area contributed by atoms with Crippen molar-refractivity contribution in [3.05, 3.63) is 106 Å². The molecule has 1 unspecified atom stereocenters. The minimum atomic E-state index is -0.936. The average molecular weight is 566 g/mol. The minimum absolute atomic E-state index is 0.104. The van der Waals surface area contributed by atoms with Crippen LogP contribution in [0.1, 0.15) is 66.3 Å². The fourth-order valence-corrected chi connectivity index (χ4v) is 5.73. The van der Waals surface area contributed by atoms with Gasteiger partial charge in [0.1, 0.15) is 22.7 Å². The van der Waals surface area contributed by atoms with Crippen molar-refractivity contribution < 1.29 is 18.8 Å². The molecule has 0 saturated heterocycles. The van der Waals surface area contributed by atoms with Gasteiger partial charge in [0, 0.05) is 18.9 Å². The Hall–Kier alpha value is -4.36. The third kappa shape index (κ3) is 6.42. The zero-order valence-electron chi connectivity index (χ0n) is 25.4. The first-order valence-electron chi connectivity index (χ1n) is 14.3. The number of nitrogens with one attached hydrogen (secondary N) is 1. The summed E-state index contributed by atoms with van der Waals surface area (Å²) in [5.41, 5.74) is 8.21. The zero-order valence-corrected chi connectivity index (χ0v) is 25.4. The number of hydrogen-bond donors (Lipinski definition) is 2. The van der Waals surface area contributed by atoms with E-state index in [1.54, 1.807) is 13.8 Å². The number of carbonyl (C=O) groups excluding carboxylic acids is 1. The molecular formula is C35H39N3O4. The van der Waals surface area contributed by atoms with E-state index < -0.39 is 5.60 Å². The molecule has 5 aromatic rings. The monoisotopic (exact) mass is 565 g/mol. The lowest BCUT2D eigenvalue weighted by Gasteiger charge is -2.29. The van der Waals surface area contributed by atoms with Gasteiger partial charge in [-0.05, 0) is 87.6 Å². The van der Waals surface area contributed by atoms with Crippen molar-refractivity contribution in [2.75, 3.05) is 11.4 Å². The molecule has 2 aromatic heterocycles. The Kier molecular flexibility index (Phi) is 7.97. The van der Waals surface area contributed by atoms with Gasteiger partial charge in [-0.1, -0.05) is 59.3 Å². The summed E-state index contributed by atoms with van der Waals surface area (Å²) in [6.07, 6.45) is 0. The van der Waals surface area contributed by atoms with Crippen LogP contribution < -0.4 is 10.2 Å². The first-order chi connectivity index (χ1) is 19.9. The van der Waals surface area contributed by atoms with E-state index in [1.165, 1.54) is 23.6 Å². The number of benzene rings is 3. The average Bonchev–Trinajstić information content (AvgIpc) is 3.47. The molecule has 0 aliphatic rings. The predicted molar refractivity (Wildman–Crippen MR) is 167 cm³/mol. The molecule has 0 aliphatic carbocycles. The van der Waals surface area contributed by atoms with Crippen molar-refractivity contribution >= 4 is 22.6 Å². The molecule has 7 heteroatoms. The molecular weight excluding hydrogens is 526 g/mol. The molecule has 1 amide bonds. The Morgan fingerprint density at radius 1 is 0.976 bits per heavy atom. The summed E-state index contributed by atoms with van der Waals surface area (Å²) in [5.74, 6) is 1.34. The lowest BCUT2D eigenvalue weighted by molar-refractivity contribution is -0.119. The molecule has 0 saturated carbocycles. The second-order valence-electron chi connectivity index (χ2n) is 11.9. The van der Waals surface area contributed by atoms with Gasteiger partial charge in [0.15, 0.2) is 5.76 Å². The number of nitrogens with zero attached hydrogens (tertiary/aromatic N) is 2. The van der Waals surface area contributed by atoms with Crippen LogP contribution >= 0.6 is 0 Å². The standard InChI is InChI=1S/C35H39N3O4/c1-21-8-14-31(22(2)16-21)26-9-11-27(12-10-26)33(36-25(5)39)28-13-15-32-29(17-28)18-30(41-32)19-38(20-35(6,7)40)34-23(3)37-42-24(34)4/h8-18,33,40H,19-20H2,1-7H3,(H,36,39). The summed E-state index contributed by atoms with van der Waals surface area (Å²) < 4.78 is 11.6. The van der Waals surface area contributed by atoms with Gasteiger partial charge >= 0.3 is 0 Å². The van der Waals surface area contributed by atoms with E-state index in [0.29, 0.717) is 18.8 Å². The van der Waals surface area contributed by atoms with Crippen molar-refractivity contribution in [2.24, 2.45) is 0 Å². The van der Waals surface area contributed by atoms with Gasteiger partial charge in [-0.15, -0.1) is 0 Å². The summed E-state index contributed by atoms with van der Waals surface area (Å²) in [4.78, 5) is 14.3. The van der Waals surface area contributed by atoms with Crippen molar-refractivity contribution in [3.63, 3.8) is 0 Å². The number of carbonyl (C=O) groups is 1. The van der Waals surface area contributed by atoms with Crippen LogP contribution in [0.4, 0.5) is 5.69 Å². The van der Waals surface area contributed by atoms with Crippen LogP contribution in [-0.2, 0) is 11.3 Å². The SMILES string of the molecule is CC(=O)NC(c1ccc(-c2ccc(C)cc2C)cc1)c1ccc2oc(CN(CC(C)(C)O)c3c(C)noc3C)cc2c1. The summed E-state index contributed by atoms with van der Waals surface area (Å²) in [7, 11) is 0. The van der Waals surface area contributed by atoms with Crippen LogP contribution in [0, 0.1) is 27.7 Å². The van der Waals surface area contributed by atoms with Crippen molar-refractivity contribution in [3.8, 4) is 11.1 Å². The normalized spacial score (nSPS) is 12.5. The fraction of sp³-hybridized carbons (Fsp3) is 0.314. The maximum absolute atomic E-state index is 12.3. The Morgan fingerprint density at radius 3 is 2.31 bits per heavy atom. The van der Waals surface area contributed by atoms with Crippen LogP contribution in [-0.4, -0.2) is 28.3 Å². The van der Waals surface area contributed by atoms with E-state index >= 15 is 0 Å². The maximum Gasteiger partial charge on any atom is 0.217 e. The Labute approximate surface area is 247 Å². The first-order valence-corrected chi connectivity index (χ1v) is 14.3. The Morgan fingerprint density at radius 2 is 1.69 bits per heavy atom. The molecule has 2 N–H and O–H groups in total. The highest BCUT2D eigenvalue weighted by Crippen LogP contribution is 2.32. The number of aliphatic hydroxyl groups is 1. The first kappa shape index (κ1) is 29.1. The van der Waals surface area contributed by atoms with Crippen molar-refractivity contribution in [1.82, 2.24) is 10.5 Å². The molecule has 2 heterocycles. The van der Waals surface area contributed by atoms with E-state index in [1.807, 2.05) is 36.9 Å². The fourth-order valence-electron chi connectivity index (χ4n) is 5.73. The van der Waals surface area contributed by atoms with Crippen LogP contribution in [0.5, 0.6) is 0 Å². The zero-order chi connectivity index (χ0) is 30.2. The molecule has 5 rings (SSSR count). The van der Waals surface area contributed by atoms with Crippen molar-refractivity contribution in [2.45, 2.75) is 66.7 Å². The van der Waals surface area contributed by atoms with Gasteiger partial charge < -0.3 is 24.3 Å². The minimum Gasteiger partial charge on any atom is -0.459 e. The number of furan rings is 1. The number of aromatic nitrogens is 1. The Balaban J connectivity index is 1.45. The molecule has 218 valence electrons. The highest BCUT2D eigenvalue weighted by molar-refractivity contribution is 5.80. The number of hydrogen-bond acceptors (Lipinski definition) is 6. The number of anilines is 1. The van der Waals surface area contributed by atoms with Gasteiger partial charge in [-0.2, -0.15) is 0 Å². The van der Waals surface area contributed by atoms with Crippen LogP contribution in [0.3, 0.4) is 0 Å². The number of aryl methyl sites for hydroxylation is 4. The highest BCUT2D eigenvalue weighted by Gasteiger charge is 2.25. The highest BCUT2D eigenvalue weighted by atomic mass is 16.5. The topological polar surface area (TPSA) is 91.7 Å². The lowest BCUT2D eigenvalue weighted by atomic mass is 9.94. The van der Waals surface area contributed by atoms with E-state index in [-0.39, 0.29) is 11.9 Å². The van der Waals surface area contributed by atoms with E-state index in [4.69, 9.17) is 8.94 Å². The lowest BCUT2D eigenvalue weighted by Crippen LogP contribution is -2.38. The molecule has 3 aromatic carbocycles. The molecule has 0 radical (unpaired) electrons. The summed E-state index contributed by atoms with van der Waals surface area (Å²) in [6, 6.07) is 22.6. The quantitative estimate of drug-likeness (QED) is 0.195. The molecule has 0 bridgehead atoms. The van der Waals surface area contributed by atoms with E-state index in [2.05, 4.69) is 72.9 Å². The summed E-state index contributed by atoms with van der Waals surface area (Å²) in [6.45, 7) is 13.9. The van der Waals surface area contributed by atoms with Gasteiger partial charge in [-0.3, -0.25) is 4.79 Å². The largest absolute Gasteiger partial charge is 0.459 e. The number of amides is 1. The molecule has 7 nitrogen and oxygen atoms in total. The third-order valence-electron chi connectivity index (χ3n) is 7.45. The summed E-state index contributed by atoms with van der Waals surface area (Å²) in [5, 5.41) is 18.8. The van der Waals surface area contributed by atoms with Crippen molar-refractivity contribution in [1.29, 1.82) is 0 Å². The molecule has 1 atom stereocenters. The maximum atomic E-state index is 12.3. The van der Waals surface area contributed by atoms with Crippen LogP contribution in [0.15, 0.2) is 75.7 Å². The Bertz CT molecular complexity index is 1700. The number of fused-ring (bicyclic) bond motifs is 1. The molecule has 42 heavy (non-hydrogen) atoms. The third-order valence-corrected chi connectivity index (χ3v) is 7.45. The van der Waals surface area contributed by atoms with Crippen LogP contribution in [0.25, 0.3) is 22.1 Å². The second kappa shape index (κ2) is 11.5. The number of rotatable bonds is 9. The molecule has 0 spiro atoms. The predicted octanol–water partition coefficient (Wildman–Crippen LogP) is 7.32. The smallest absolute Gasteiger partial charge is 0.217 e. The van der Waals surface area contributed by atoms with Gasteiger partial charge in [0.2, 0.25) is 5.91 Å². The van der Waals surface area contributed by atoms with Gasteiger partial charge in [0.05, 0.1) is 18.2 Å². The molecule has 0 aliphatic heterocycles.